The SMILES string of the molecule is c1ccc(CSc2cncc(NCc3ccc(N4CCOCC4)cc3)n2)cc1. The van der Waals surface area contributed by atoms with E-state index in [-0.39, 0.29) is 0 Å². The molecule has 0 amide bonds. The van der Waals surface area contributed by atoms with Gasteiger partial charge in [0.15, 0.2) is 0 Å². The highest BCUT2D eigenvalue weighted by Gasteiger charge is 2.10. The third-order valence-corrected chi connectivity index (χ3v) is 5.60. The van der Waals surface area contributed by atoms with E-state index in [1.54, 1.807) is 18.0 Å². The number of morpholine rings is 1. The highest BCUT2D eigenvalue weighted by Crippen LogP contribution is 2.21. The van der Waals surface area contributed by atoms with E-state index >= 15 is 0 Å². The van der Waals surface area contributed by atoms with Crippen molar-refractivity contribution in [3.05, 3.63) is 78.1 Å². The van der Waals surface area contributed by atoms with Crippen molar-refractivity contribution in [3.8, 4) is 0 Å². The zero-order chi connectivity index (χ0) is 19.0. The molecule has 2 aromatic carbocycles. The first-order chi connectivity index (χ1) is 13.9. The smallest absolute Gasteiger partial charge is 0.146 e. The highest BCUT2D eigenvalue weighted by molar-refractivity contribution is 7.98. The number of hydrogen-bond donors (Lipinski definition) is 1. The lowest BCUT2D eigenvalue weighted by atomic mass is 10.2. The monoisotopic (exact) mass is 392 g/mol. The molecule has 6 heteroatoms. The molecule has 1 N–H and O–H groups in total. The number of rotatable bonds is 7. The van der Waals surface area contributed by atoms with Gasteiger partial charge < -0.3 is 15.0 Å². The van der Waals surface area contributed by atoms with Crippen molar-refractivity contribution in [3.63, 3.8) is 0 Å². The van der Waals surface area contributed by atoms with Gasteiger partial charge in [-0.2, -0.15) is 0 Å². The van der Waals surface area contributed by atoms with Crippen LogP contribution in [-0.2, 0) is 17.0 Å². The molecule has 0 radical (unpaired) electrons. The van der Waals surface area contributed by atoms with Crippen LogP contribution >= 0.6 is 11.8 Å². The molecule has 1 fully saturated rings. The predicted octanol–water partition coefficient (Wildman–Crippen LogP) is 4.22. The molecule has 3 aromatic rings. The van der Waals surface area contributed by atoms with Gasteiger partial charge in [0.05, 0.1) is 25.6 Å². The Hall–Kier alpha value is -2.57. The van der Waals surface area contributed by atoms with E-state index in [0.717, 1.165) is 49.4 Å². The summed E-state index contributed by atoms with van der Waals surface area (Å²) in [6, 6.07) is 19.1. The summed E-state index contributed by atoms with van der Waals surface area (Å²) in [5.74, 6) is 1.69. The van der Waals surface area contributed by atoms with Gasteiger partial charge in [-0.25, -0.2) is 4.98 Å². The Bertz CT molecular complexity index is 867. The Morgan fingerprint density at radius 1 is 0.929 bits per heavy atom. The van der Waals surface area contributed by atoms with Gasteiger partial charge in [-0.05, 0) is 23.3 Å². The first-order valence-electron chi connectivity index (χ1n) is 9.51. The summed E-state index contributed by atoms with van der Waals surface area (Å²) >= 11 is 1.70. The Labute approximate surface area is 170 Å². The summed E-state index contributed by atoms with van der Waals surface area (Å²) < 4.78 is 5.42. The topological polar surface area (TPSA) is 50.3 Å². The molecule has 144 valence electrons. The quantitative estimate of drug-likeness (QED) is 0.608. The zero-order valence-electron chi connectivity index (χ0n) is 15.8. The Balaban J connectivity index is 1.30. The second-order valence-corrected chi connectivity index (χ2v) is 7.63. The maximum atomic E-state index is 5.42. The van der Waals surface area contributed by atoms with Crippen LogP contribution in [0.5, 0.6) is 0 Å². The van der Waals surface area contributed by atoms with E-state index in [1.807, 2.05) is 12.3 Å². The molecule has 1 aromatic heterocycles. The van der Waals surface area contributed by atoms with E-state index in [4.69, 9.17) is 4.74 Å². The molecule has 0 atom stereocenters. The summed E-state index contributed by atoms with van der Waals surface area (Å²) in [6.45, 7) is 4.26. The maximum absolute atomic E-state index is 5.42. The van der Waals surface area contributed by atoms with Crippen molar-refractivity contribution in [2.45, 2.75) is 17.3 Å². The number of benzene rings is 2. The van der Waals surface area contributed by atoms with Crippen LogP contribution in [0.1, 0.15) is 11.1 Å². The second kappa shape index (κ2) is 9.57. The van der Waals surface area contributed by atoms with Gasteiger partial charge >= 0.3 is 0 Å². The number of ether oxygens (including phenoxy) is 1. The Morgan fingerprint density at radius 3 is 2.50 bits per heavy atom. The molecule has 5 nitrogen and oxygen atoms in total. The van der Waals surface area contributed by atoms with Gasteiger partial charge in [0, 0.05) is 31.1 Å². The van der Waals surface area contributed by atoms with Gasteiger partial charge in [0.25, 0.3) is 0 Å². The van der Waals surface area contributed by atoms with Crippen molar-refractivity contribution in [1.29, 1.82) is 0 Å². The van der Waals surface area contributed by atoms with Crippen LogP contribution in [0.15, 0.2) is 72.0 Å². The largest absolute Gasteiger partial charge is 0.378 e. The molecule has 0 saturated carbocycles. The third kappa shape index (κ3) is 5.24. The molecular weight excluding hydrogens is 368 g/mol. The van der Waals surface area contributed by atoms with Crippen molar-refractivity contribution in [2.75, 3.05) is 36.5 Å². The van der Waals surface area contributed by atoms with Crippen LogP contribution in [0.3, 0.4) is 0 Å². The van der Waals surface area contributed by atoms with Crippen LogP contribution in [0.2, 0.25) is 0 Å². The number of thioether (sulfide) groups is 1. The standard InChI is InChI=1S/C22H24N4OS/c1-2-4-19(5-3-1)17-28-22-16-23-15-21(25-22)24-14-18-6-8-20(9-7-18)26-10-12-27-13-11-26/h1-9,15-16H,10-14,17H2,(H,24,25). The third-order valence-electron chi connectivity index (χ3n) is 4.63. The molecule has 1 aliphatic rings. The van der Waals surface area contributed by atoms with Crippen LogP contribution in [0.25, 0.3) is 0 Å². The first kappa shape index (κ1) is 18.8. The average Bonchev–Trinajstić information content (AvgIpc) is 2.78. The summed E-state index contributed by atoms with van der Waals surface area (Å²) in [4.78, 5) is 11.3. The second-order valence-electron chi connectivity index (χ2n) is 6.64. The summed E-state index contributed by atoms with van der Waals surface area (Å²) in [6.07, 6.45) is 3.59. The predicted molar refractivity (Wildman–Crippen MR) is 115 cm³/mol. The minimum absolute atomic E-state index is 0.727. The number of anilines is 2. The van der Waals surface area contributed by atoms with Crippen molar-refractivity contribution in [1.82, 2.24) is 9.97 Å². The van der Waals surface area contributed by atoms with Gasteiger partial charge in [-0.1, -0.05) is 42.5 Å². The Morgan fingerprint density at radius 2 is 1.71 bits per heavy atom. The molecule has 1 aliphatic heterocycles. The van der Waals surface area contributed by atoms with Gasteiger partial charge in [0.2, 0.25) is 0 Å². The van der Waals surface area contributed by atoms with Gasteiger partial charge in [-0.15, -0.1) is 11.8 Å². The van der Waals surface area contributed by atoms with Crippen LogP contribution < -0.4 is 10.2 Å². The molecule has 0 aliphatic carbocycles. The first-order valence-corrected chi connectivity index (χ1v) is 10.5. The number of aromatic nitrogens is 2. The maximum Gasteiger partial charge on any atom is 0.146 e. The van der Waals surface area contributed by atoms with Crippen molar-refractivity contribution < 1.29 is 4.74 Å². The van der Waals surface area contributed by atoms with Crippen molar-refractivity contribution >= 4 is 23.3 Å². The highest BCUT2D eigenvalue weighted by atomic mass is 32.2. The molecule has 4 rings (SSSR count). The minimum atomic E-state index is 0.727. The molecule has 28 heavy (non-hydrogen) atoms. The lowest BCUT2D eigenvalue weighted by Crippen LogP contribution is -2.36. The minimum Gasteiger partial charge on any atom is -0.378 e. The van der Waals surface area contributed by atoms with Crippen LogP contribution in [0, 0.1) is 0 Å². The molecule has 0 unspecified atom stereocenters. The summed E-state index contributed by atoms with van der Waals surface area (Å²) in [5.41, 5.74) is 3.76. The molecule has 1 saturated heterocycles. The fourth-order valence-electron chi connectivity index (χ4n) is 3.07. The fourth-order valence-corrected chi connectivity index (χ4v) is 3.88. The van der Waals surface area contributed by atoms with Gasteiger partial charge in [0.1, 0.15) is 10.8 Å². The summed E-state index contributed by atoms with van der Waals surface area (Å²) in [7, 11) is 0. The van der Waals surface area contributed by atoms with E-state index in [9.17, 15) is 0 Å². The van der Waals surface area contributed by atoms with E-state index < -0.39 is 0 Å². The van der Waals surface area contributed by atoms with Crippen LogP contribution in [0.4, 0.5) is 11.5 Å². The average molecular weight is 393 g/mol. The number of nitrogens with one attached hydrogen (secondary N) is 1. The van der Waals surface area contributed by atoms with E-state index in [0.29, 0.717) is 0 Å². The molecular formula is C22H24N4OS. The van der Waals surface area contributed by atoms with Crippen LogP contribution in [-0.4, -0.2) is 36.3 Å². The lowest BCUT2D eigenvalue weighted by molar-refractivity contribution is 0.122. The summed E-state index contributed by atoms with van der Waals surface area (Å²) in [5, 5.41) is 4.31. The molecule has 0 spiro atoms. The van der Waals surface area contributed by atoms with Gasteiger partial charge in [-0.3, -0.25) is 4.98 Å². The molecule has 2 heterocycles. The number of hydrogen-bond acceptors (Lipinski definition) is 6. The zero-order valence-corrected chi connectivity index (χ0v) is 16.6. The van der Waals surface area contributed by atoms with E-state index in [2.05, 4.69) is 68.7 Å². The number of nitrogens with zero attached hydrogens (tertiary/aromatic N) is 3. The Kier molecular flexibility index (Phi) is 6.42. The van der Waals surface area contributed by atoms with Crippen molar-refractivity contribution in [2.24, 2.45) is 0 Å². The normalized spacial score (nSPS) is 14.1. The lowest BCUT2D eigenvalue weighted by Gasteiger charge is -2.28. The molecule has 0 bridgehead atoms. The fraction of sp³-hybridized carbons (Fsp3) is 0.273. The van der Waals surface area contributed by atoms with E-state index in [1.165, 1.54) is 16.8 Å².